The number of likely N-dealkylation sites (tertiary alicyclic amines) is 1. The molecular weight excluding hydrogens is 493 g/mol. The van der Waals surface area contributed by atoms with Gasteiger partial charge in [-0.25, -0.2) is 9.97 Å². The summed E-state index contributed by atoms with van der Waals surface area (Å²) in [5.41, 5.74) is 0.125. The predicted molar refractivity (Wildman–Crippen MR) is 131 cm³/mol. The Morgan fingerprint density at radius 3 is 2.53 bits per heavy atom. The molecule has 0 bridgehead atoms. The smallest absolute Gasteiger partial charge is 0.350 e. The summed E-state index contributed by atoms with van der Waals surface area (Å²) in [6.45, 7) is 2.10. The first kappa shape index (κ1) is 24.7. The molecule has 3 aromatic rings. The quantitative estimate of drug-likeness (QED) is 0.555. The molecular formula is C24H27F3N6O2S. The van der Waals surface area contributed by atoms with Crippen molar-refractivity contribution in [3.8, 4) is 0 Å². The van der Waals surface area contributed by atoms with Gasteiger partial charge in [0.15, 0.2) is 15.5 Å². The van der Waals surface area contributed by atoms with Crippen LogP contribution in [0.25, 0.3) is 10.3 Å². The summed E-state index contributed by atoms with van der Waals surface area (Å²) >= 11 is 0.932. The molecule has 0 radical (unpaired) electrons. The molecule has 12 heteroatoms. The van der Waals surface area contributed by atoms with Gasteiger partial charge in [0.25, 0.3) is 5.56 Å². The van der Waals surface area contributed by atoms with Crippen LogP contribution in [-0.4, -0.2) is 58.1 Å². The molecule has 1 unspecified atom stereocenters. The number of anilines is 1. The number of aromatic nitrogens is 3. The van der Waals surface area contributed by atoms with Gasteiger partial charge in [0.05, 0.1) is 0 Å². The minimum atomic E-state index is -4.77. The molecule has 1 aromatic carbocycles. The first-order chi connectivity index (χ1) is 17.2. The molecule has 1 atom stereocenters. The molecule has 1 N–H and O–H groups in total. The van der Waals surface area contributed by atoms with E-state index in [4.69, 9.17) is 0 Å². The maximum Gasteiger partial charge on any atom is 0.449 e. The van der Waals surface area contributed by atoms with Crippen LogP contribution in [0.3, 0.4) is 0 Å². The van der Waals surface area contributed by atoms with Crippen LogP contribution in [0, 0.1) is 0 Å². The number of hydrogen-bond acceptors (Lipinski definition) is 7. The Morgan fingerprint density at radius 2 is 1.83 bits per heavy atom. The molecule has 0 spiro atoms. The number of piperidine rings is 1. The van der Waals surface area contributed by atoms with E-state index in [0.29, 0.717) is 50.6 Å². The summed E-state index contributed by atoms with van der Waals surface area (Å²) in [7, 11) is 1.90. The van der Waals surface area contributed by atoms with Crippen LogP contribution in [-0.2, 0) is 17.5 Å². The zero-order valence-corrected chi connectivity index (χ0v) is 20.6. The normalized spacial score (nSPS) is 19.8. The molecule has 8 nitrogen and oxygen atoms in total. The molecule has 0 saturated carbocycles. The van der Waals surface area contributed by atoms with Gasteiger partial charge in [-0.05, 0) is 51.4 Å². The second-order valence-electron chi connectivity index (χ2n) is 9.35. The van der Waals surface area contributed by atoms with E-state index in [1.807, 2.05) is 42.3 Å². The molecule has 192 valence electrons. The number of nitrogens with one attached hydrogen (secondary N) is 1. The lowest BCUT2D eigenvalue weighted by molar-refractivity contribution is -0.149. The SMILES string of the molecule is CN1CCC(n2c(C(F)(F)F)nc3sc(N4CCCC4C(=O)NCc4ccccc4)nc3c2=O)CC1. The van der Waals surface area contributed by atoms with Crippen molar-refractivity contribution in [1.29, 1.82) is 0 Å². The summed E-state index contributed by atoms with van der Waals surface area (Å²) in [6, 6.07) is 8.42. The number of benzene rings is 1. The number of carbonyl (C=O) groups is 1. The Balaban J connectivity index is 1.45. The van der Waals surface area contributed by atoms with Crippen molar-refractivity contribution in [2.75, 3.05) is 31.6 Å². The van der Waals surface area contributed by atoms with E-state index < -0.39 is 29.6 Å². The molecule has 2 fully saturated rings. The number of rotatable bonds is 5. The molecule has 36 heavy (non-hydrogen) atoms. The maximum absolute atomic E-state index is 14.0. The van der Waals surface area contributed by atoms with Crippen LogP contribution in [0.2, 0.25) is 0 Å². The van der Waals surface area contributed by atoms with Crippen molar-refractivity contribution in [3.05, 3.63) is 52.1 Å². The average molecular weight is 521 g/mol. The van der Waals surface area contributed by atoms with Crippen LogP contribution in [0.15, 0.2) is 35.1 Å². The topological polar surface area (TPSA) is 83.4 Å². The second-order valence-corrected chi connectivity index (χ2v) is 10.3. The number of alkyl halides is 3. The number of nitrogens with zero attached hydrogens (tertiary/aromatic N) is 5. The van der Waals surface area contributed by atoms with Gasteiger partial charge >= 0.3 is 6.18 Å². The lowest BCUT2D eigenvalue weighted by Crippen LogP contribution is -2.43. The third-order valence-electron chi connectivity index (χ3n) is 6.87. The largest absolute Gasteiger partial charge is 0.449 e. The number of halogens is 3. The number of thiazole rings is 1. The van der Waals surface area contributed by atoms with E-state index in [1.165, 1.54) is 0 Å². The van der Waals surface area contributed by atoms with Crippen molar-refractivity contribution in [2.24, 2.45) is 0 Å². The molecule has 0 aliphatic carbocycles. The van der Waals surface area contributed by atoms with Crippen molar-refractivity contribution in [2.45, 2.75) is 50.5 Å². The zero-order valence-electron chi connectivity index (χ0n) is 19.8. The highest BCUT2D eigenvalue weighted by Gasteiger charge is 2.41. The van der Waals surface area contributed by atoms with Crippen molar-refractivity contribution < 1.29 is 18.0 Å². The van der Waals surface area contributed by atoms with Crippen molar-refractivity contribution >= 4 is 32.7 Å². The predicted octanol–water partition coefficient (Wildman–Crippen LogP) is 3.42. The third-order valence-corrected chi connectivity index (χ3v) is 7.86. The van der Waals surface area contributed by atoms with Gasteiger partial charge in [0.1, 0.15) is 6.04 Å². The van der Waals surface area contributed by atoms with Gasteiger partial charge in [0, 0.05) is 19.1 Å². The molecule has 4 heterocycles. The third kappa shape index (κ3) is 4.83. The Morgan fingerprint density at radius 1 is 1.11 bits per heavy atom. The monoisotopic (exact) mass is 520 g/mol. The first-order valence-electron chi connectivity index (χ1n) is 12.0. The summed E-state index contributed by atoms with van der Waals surface area (Å²) in [5, 5.41) is 3.28. The standard InChI is InChI=1S/C24H27F3N6O2S/c1-31-12-9-16(10-13-31)33-21(35)18-20(30-22(33)24(25,26)27)36-23(29-18)32-11-5-8-17(32)19(34)28-14-15-6-3-2-4-7-15/h2-4,6-7,16-17H,5,8-14H2,1H3,(H,28,34). The van der Waals surface area contributed by atoms with Gasteiger partial charge in [-0.15, -0.1) is 0 Å². The summed E-state index contributed by atoms with van der Waals surface area (Å²) in [4.78, 5) is 38.4. The van der Waals surface area contributed by atoms with E-state index in [-0.39, 0.29) is 16.3 Å². The van der Waals surface area contributed by atoms with E-state index in [1.54, 1.807) is 4.90 Å². The lowest BCUT2D eigenvalue weighted by Gasteiger charge is -2.31. The molecule has 2 aromatic heterocycles. The second kappa shape index (κ2) is 9.81. The highest BCUT2D eigenvalue weighted by molar-refractivity contribution is 7.21. The summed E-state index contributed by atoms with van der Waals surface area (Å²) in [5.74, 6) is -1.35. The minimum Gasteiger partial charge on any atom is -0.350 e. The van der Waals surface area contributed by atoms with Crippen molar-refractivity contribution in [1.82, 2.24) is 24.8 Å². The number of amides is 1. The van der Waals surface area contributed by atoms with Gasteiger partial charge in [-0.3, -0.25) is 14.2 Å². The molecule has 2 aliphatic heterocycles. The van der Waals surface area contributed by atoms with Crippen LogP contribution in [0.1, 0.15) is 43.1 Å². The molecule has 2 saturated heterocycles. The van der Waals surface area contributed by atoms with E-state index in [0.717, 1.165) is 27.9 Å². The van der Waals surface area contributed by atoms with Crippen molar-refractivity contribution in [3.63, 3.8) is 0 Å². The van der Waals surface area contributed by atoms with Gasteiger partial charge < -0.3 is 15.1 Å². The van der Waals surface area contributed by atoms with Crippen LogP contribution >= 0.6 is 11.3 Å². The molecule has 5 rings (SSSR count). The number of fused-ring (bicyclic) bond motifs is 1. The highest BCUT2D eigenvalue weighted by atomic mass is 32.1. The van der Waals surface area contributed by atoms with Crippen LogP contribution < -0.4 is 15.8 Å². The Hall–Kier alpha value is -2.99. The van der Waals surface area contributed by atoms with Crippen LogP contribution in [0.5, 0.6) is 0 Å². The Bertz CT molecular complexity index is 1300. The fraction of sp³-hybridized carbons (Fsp3) is 0.500. The van der Waals surface area contributed by atoms with E-state index in [2.05, 4.69) is 15.3 Å². The fourth-order valence-corrected chi connectivity index (χ4v) is 5.97. The van der Waals surface area contributed by atoms with E-state index in [9.17, 15) is 22.8 Å². The van der Waals surface area contributed by atoms with Gasteiger partial charge in [-0.1, -0.05) is 41.7 Å². The van der Waals surface area contributed by atoms with Gasteiger partial charge in [0.2, 0.25) is 11.7 Å². The Kier molecular flexibility index (Phi) is 6.73. The summed E-state index contributed by atoms with van der Waals surface area (Å²) in [6.07, 6.45) is -2.58. The molecule has 2 aliphatic rings. The number of carbonyl (C=O) groups excluding carboxylic acids is 1. The Labute approximate surface area is 209 Å². The molecule has 1 amide bonds. The maximum atomic E-state index is 14.0. The van der Waals surface area contributed by atoms with Gasteiger partial charge in [-0.2, -0.15) is 13.2 Å². The van der Waals surface area contributed by atoms with E-state index >= 15 is 0 Å². The lowest BCUT2D eigenvalue weighted by atomic mass is 10.0. The minimum absolute atomic E-state index is 0.0538. The zero-order chi connectivity index (χ0) is 25.4. The summed E-state index contributed by atoms with van der Waals surface area (Å²) < 4.78 is 42.7. The average Bonchev–Trinajstić information content (AvgIpc) is 3.51. The first-order valence-corrected chi connectivity index (χ1v) is 12.8. The highest BCUT2D eigenvalue weighted by Crippen LogP contribution is 2.36. The van der Waals surface area contributed by atoms with Crippen LogP contribution in [0.4, 0.5) is 18.3 Å². The number of hydrogen-bond donors (Lipinski definition) is 1. The fourth-order valence-electron chi connectivity index (χ4n) is 4.96.